The zero-order valence-corrected chi connectivity index (χ0v) is 13.6. The zero-order valence-electron chi connectivity index (χ0n) is 13.6. The quantitative estimate of drug-likeness (QED) is 0.781. The van der Waals surface area contributed by atoms with Crippen molar-refractivity contribution in [2.45, 2.75) is 32.7 Å². The van der Waals surface area contributed by atoms with Crippen LogP contribution in [0, 0.1) is 12.7 Å². The third kappa shape index (κ3) is 3.00. The maximum Gasteiger partial charge on any atom is 0.264 e. The number of carbonyl (C=O) groups excluding carboxylic acids is 3. The lowest BCUT2D eigenvalue weighted by molar-refractivity contribution is -0.135. The number of amides is 3. The Morgan fingerprint density at radius 1 is 1.36 bits per heavy atom. The van der Waals surface area contributed by atoms with Gasteiger partial charge < -0.3 is 5.32 Å². The van der Waals surface area contributed by atoms with Crippen molar-refractivity contribution in [2.24, 2.45) is 0 Å². The topological polar surface area (TPSA) is 110 Å². The molecular formula is C16H15FN4O4. The highest BCUT2D eigenvalue weighted by atomic mass is 19.1. The molecule has 9 heteroatoms. The number of aromatic nitrogens is 2. The fourth-order valence-electron chi connectivity index (χ4n) is 2.98. The van der Waals surface area contributed by atoms with E-state index in [-0.39, 0.29) is 35.3 Å². The predicted octanol–water partition coefficient (Wildman–Crippen LogP) is 0.780. The second-order valence-electron chi connectivity index (χ2n) is 5.83. The van der Waals surface area contributed by atoms with E-state index in [0.717, 1.165) is 12.1 Å². The van der Waals surface area contributed by atoms with E-state index in [1.807, 2.05) is 0 Å². The minimum atomic E-state index is -0.891. The van der Waals surface area contributed by atoms with Crippen molar-refractivity contribution in [3.63, 3.8) is 0 Å². The third-order valence-electron chi connectivity index (χ3n) is 3.98. The van der Waals surface area contributed by atoms with Gasteiger partial charge in [0.05, 0.1) is 16.6 Å². The number of fused-ring (bicyclic) bond motifs is 1. The molecule has 1 aromatic heterocycles. The Morgan fingerprint density at radius 2 is 2.08 bits per heavy atom. The first kappa shape index (κ1) is 16.7. The lowest BCUT2D eigenvalue weighted by Crippen LogP contribution is -2.45. The molecule has 1 fully saturated rings. The second-order valence-corrected chi connectivity index (χ2v) is 5.83. The van der Waals surface area contributed by atoms with Crippen LogP contribution >= 0.6 is 0 Å². The second kappa shape index (κ2) is 6.08. The molecule has 2 heterocycles. The molecule has 1 aliphatic rings. The number of aryl methyl sites for hydroxylation is 1. The Kier molecular flexibility index (Phi) is 4.07. The lowest BCUT2D eigenvalue weighted by Gasteiger charge is -2.24. The van der Waals surface area contributed by atoms with Gasteiger partial charge in [-0.2, -0.15) is 0 Å². The van der Waals surface area contributed by atoms with Crippen LogP contribution in [-0.2, 0) is 14.4 Å². The average molecular weight is 346 g/mol. The molecule has 3 rings (SSSR count). The summed E-state index contributed by atoms with van der Waals surface area (Å²) in [7, 11) is 0. The fraction of sp³-hybridized carbons (Fsp3) is 0.312. The van der Waals surface area contributed by atoms with Crippen LogP contribution in [0.1, 0.15) is 31.6 Å². The summed E-state index contributed by atoms with van der Waals surface area (Å²) in [6.07, 6.45) is 0.261. The van der Waals surface area contributed by atoms with E-state index >= 15 is 0 Å². The standard InChI is InChI=1S/C16H15FN4O4/c1-7-18-10-5-9(17)6-11(19-8(2)22)14(10)16(25)21(7)12-3-4-13(23)20-15(12)24/h5-6,12H,3-4H2,1-2H3,(H,19,22)(H,20,23,24). The van der Waals surface area contributed by atoms with Gasteiger partial charge in [0, 0.05) is 19.4 Å². The average Bonchev–Trinajstić information content (AvgIpc) is 2.47. The van der Waals surface area contributed by atoms with E-state index in [1.54, 1.807) is 0 Å². The fourth-order valence-corrected chi connectivity index (χ4v) is 2.98. The highest BCUT2D eigenvalue weighted by Crippen LogP contribution is 2.24. The van der Waals surface area contributed by atoms with Crippen LogP contribution in [0.2, 0.25) is 0 Å². The van der Waals surface area contributed by atoms with Gasteiger partial charge in [-0.25, -0.2) is 9.37 Å². The number of hydrogen-bond donors (Lipinski definition) is 2. The largest absolute Gasteiger partial charge is 0.325 e. The molecule has 0 radical (unpaired) electrons. The van der Waals surface area contributed by atoms with Gasteiger partial charge in [0.2, 0.25) is 17.7 Å². The summed E-state index contributed by atoms with van der Waals surface area (Å²) < 4.78 is 14.9. The first-order valence-electron chi connectivity index (χ1n) is 7.61. The van der Waals surface area contributed by atoms with Gasteiger partial charge in [-0.1, -0.05) is 0 Å². The van der Waals surface area contributed by atoms with Crippen LogP contribution in [0.15, 0.2) is 16.9 Å². The summed E-state index contributed by atoms with van der Waals surface area (Å²) in [5, 5.41) is 4.61. The Labute approximate surface area is 141 Å². The van der Waals surface area contributed by atoms with E-state index < -0.39 is 35.1 Å². The van der Waals surface area contributed by atoms with E-state index in [1.165, 1.54) is 18.4 Å². The molecule has 0 saturated carbocycles. The summed E-state index contributed by atoms with van der Waals surface area (Å²) in [6.45, 7) is 2.75. The number of hydrogen-bond acceptors (Lipinski definition) is 5. The first-order chi connectivity index (χ1) is 11.8. The molecule has 1 unspecified atom stereocenters. The summed E-state index contributed by atoms with van der Waals surface area (Å²) in [4.78, 5) is 52.0. The van der Waals surface area contributed by atoms with E-state index in [4.69, 9.17) is 0 Å². The van der Waals surface area contributed by atoms with E-state index in [9.17, 15) is 23.6 Å². The number of imide groups is 1. The highest BCUT2D eigenvalue weighted by molar-refractivity contribution is 6.01. The van der Waals surface area contributed by atoms with Crippen LogP contribution in [-0.4, -0.2) is 27.3 Å². The smallest absolute Gasteiger partial charge is 0.264 e. The minimum Gasteiger partial charge on any atom is -0.325 e. The Hall–Kier alpha value is -3.10. The molecule has 0 aliphatic carbocycles. The van der Waals surface area contributed by atoms with Crippen LogP contribution < -0.4 is 16.2 Å². The Morgan fingerprint density at radius 3 is 2.72 bits per heavy atom. The monoisotopic (exact) mass is 346 g/mol. The van der Waals surface area contributed by atoms with Gasteiger partial charge in [0.15, 0.2) is 0 Å². The van der Waals surface area contributed by atoms with Crippen LogP contribution in [0.5, 0.6) is 0 Å². The highest BCUT2D eigenvalue weighted by Gasteiger charge is 2.31. The van der Waals surface area contributed by atoms with Crippen molar-refractivity contribution >= 4 is 34.3 Å². The molecule has 1 atom stereocenters. The molecule has 130 valence electrons. The number of halogens is 1. The first-order valence-corrected chi connectivity index (χ1v) is 7.61. The van der Waals surface area contributed by atoms with Crippen molar-refractivity contribution in [2.75, 3.05) is 5.32 Å². The van der Waals surface area contributed by atoms with Gasteiger partial charge in [0.1, 0.15) is 17.7 Å². The number of nitrogens with zero attached hydrogens (tertiary/aromatic N) is 2. The van der Waals surface area contributed by atoms with Gasteiger partial charge in [0.25, 0.3) is 5.56 Å². The van der Waals surface area contributed by atoms with Gasteiger partial charge in [-0.15, -0.1) is 0 Å². The molecule has 2 aromatic rings. The Bertz CT molecular complexity index is 982. The number of rotatable bonds is 2. The van der Waals surface area contributed by atoms with Crippen molar-refractivity contribution in [1.82, 2.24) is 14.9 Å². The van der Waals surface area contributed by atoms with Crippen LogP contribution in [0.25, 0.3) is 10.9 Å². The molecule has 0 spiro atoms. The minimum absolute atomic E-state index is 0.00639. The summed E-state index contributed by atoms with van der Waals surface area (Å²) in [6, 6.07) is 1.22. The van der Waals surface area contributed by atoms with Crippen LogP contribution in [0.4, 0.5) is 10.1 Å². The maximum atomic E-state index is 13.8. The van der Waals surface area contributed by atoms with Crippen molar-refractivity contribution < 1.29 is 18.8 Å². The molecule has 25 heavy (non-hydrogen) atoms. The number of piperidine rings is 1. The molecular weight excluding hydrogens is 331 g/mol. The maximum absolute atomic E-state index is 13.8. The summed E-state index contributed by atoms with van der Waals surface area (Å²) in [5.74, 6) is -1.90. The third-order valence-corrected chi connectivity index (χ3v) is 3.98. The number of carbonyl (C=O) groups is 3. The van der Waals surface area contributed by atoms with Crippen molar-refractivity contribution in [3.05, 3.63) is 34.1 Å². The van der Waals surface area contributed by atoms with Crippen LogP contribution in [0.3, 0.4) is 0 Å². The lowest BCUT2D eigenvalue weighted by atomic mass is 10.1. The number of benzene rings is 1. The summed E-state index contributed by atoms with van der Waals surface area (Å²) >= 11 is 0. The molecule has 2 N–H and O–H groups in total. The SMILES string of the molecule is CC(=O)Nc1cc(F)cc2nc(C)n(C3CCC(=O)NC3=O)c(=O)c12. The predicted molar refractivity (Wildman–Crippen MR) is 86.4 cm³/mol. The van der Waals surface area contributed by atoms with Gasteiger partial charge >= 0.3 is 0 Å². The van der Waals surface area contributed by atoms with E-state index in [2.05, 4.69) is 15.6 Å². The van der Waals surface area contributed by atoms with E-state index in [0.29, 0.717) is 0 Å². The van der Waals surface area contributed by atoms with Crippen molar-refractivity contribution in [1.29, 1.82) is 0 Å². The molecule has 1 saturated heterocycles. The Balaban J connectivity index is 2.26. The van der Waals surface area contributed by atoms with Gasteiger partial charge in [-0.05, 0) is 19.4 Å². The molecule has 8 nitrogen and oxygen atoms in total. The molecule has 3 amide bonds. The summed E-state index contributed by atoms with van der Waals surface area (Å²) in [5.41, 5.74) is -0.517. The normalized spacial score (nSPS) is 17.5. The van der Waals surface area contributed by atoms with Crippen molar-refractivity contribution in [3.8, 4) is 0 Å². The number of nitrogens with one attached hydrogen (secondary N) is 2. The number of anilines is 1. The molecule has 0 bridgehead atoms. The molecule has 1 aromatic carbocycles. The van der Waals surface area contributed by atoms with Gasteiger partial charge in [-0.3, -0.25) is 29.1 Å². The zero-order chi connectivity index (χ0) is 18.3. The molecule has 1 aliphatic heterocycles.